The van der Waals surface area contributed by atoms with Gasteiger partial charge in [0, 0.05) is 30.0 Å². The number of hydrogen-bond donors (Lipinski definition) is 2. The number of nitrogens with zero attached hydrogens (tertiary/aromatic N) is 1. The van der Waals surface area contributed by atoms with Crippen LogP contribution in [0.15, 0.2) is 24.3 Å². The van der Waals surface area contributed by atoms with Gasteiger partial charge in [-0.15, -0.1) is 0 Å². The van der Waals surface area contributed by atoms with Crippen molar-refractivity contribution in [1.29, 1.82) is 0 Å². The van der Waals surface area contributed by atoms with Gasteiger partial charge in [-0.1, -0.05) is 0 Å². The molecule has 1 aromatic rings. The van der Waals surface area contributed by atoms with Crippen molar-refractivity contribution in [3.05, 3.63) is 24.3 Å². The number of amides is 2. The first-order valence-corrected chi connectivity index (χ1v) is 8.50. The summed E-state index contributed by atoms with van der Waals surface area (Å²) in [6.45, 7) is 15.0. The Morgan fingerprint density at radius 2 is 1.42 bits per heavy atom. The van der Waals surface area contributed by atoms with Crippen LogP contribution in [-0.4, -0.2) is 30.4 Å². The van der Waals surface area contributed by atoms with Crippen LogP contribution >= 0.6 is 0 Å². The van der Waals surface area contributed by atoms with E-state index in [-0.39, 0.29) is 17.4 Å². The van der Waals surface area contributed by atoms with E-state index < -0.39 is 5.41 Å². The van der Waals surface area contributed by atoms with Crippen molar-refractivity contribution >= 4 is 23.2 Å². The van der Waals surface area contributed by atoms with Gasteiger partial charge in [0.2, 0.25) is 11.8 Å². The van der Waals surface area contributed by atoms with Crippen molar-refractivity contribution < 1.29 is 9.59 Å². The molecule has 1 aromatic carbocycles. The molecule has 0 spiro atoms. The van der Waals surface area contributed by atoms with Crippen LogP contribution in [-0.2, 0) is 9.59 Å². The Balaban J connectivity index is 2.81. The number of nitrogens with one attached hydrogen (secondary N) is 2. The van der Waals surface area contributed by atoms with Crippen LogP contribution in [0.4, 0.5) is 11.4 Å². The quantitative estimate of drug-likeness (QED) is 0.784. The molecule has 0 atom stereocenters. The normalized spacial score (nSPS) is 11.8. The van der Waals surface area contributed by atoms with Crippen molar-refractivity contribution in [2.45, 2.75) is 54.0 Å². The van der Waals surface area contributed by atoms with Crippen molar-refractivity contribution in [2.75, 3.05) is 23.3 Å². The van der Waals surface area contributed by atoms with Gasteiger partial charge in [0.15, 0.2) is 0 Å². The minimum absolute atomic E-state index is 0.285. The number of benzene rings is 1. The monoisotopic (exact) mass is 333 g/mol. The molecule has 2 amide bonds. The lowest BCUT2D eigenvalue weighted by Gasteiger charge is -2.28. The average molecular weight is 333 g/mol. The molecule has 1 rings (SSSR count). The second-order valence-electron chi connectivity index (χ2n) is 7.50. The van der Waals surface area contributed by atoms with Gasteiger partial charge in [-0.25, -0.2) is 0 Å². The topological polar surface area (TPSA) is 61.4 Å². The molecule has 0 heterocycles. The van der Waals surface area contributed by atoms with Gasteiger partial charge in [-0.05, 0) is 72.7 Å². The summed E-state index contributed by atoms with van der Waals surface area (Å²) in [7, 11) is 0. The molecule has 0 aliphatic rings. The maximum Gasteiger partial charge on any atom is 0.239 e. The third-order valence-electron chi connectivity index (χ3n) is 3.88. The minimum Gasteiger partial charge on any atom is -0.372 e. The van der Waals surface area contributed by atoms with E-state index in [1.807, 2.05) is 45.0 Å². The number of carbonyl (C=O) groups excluding carboxylic acids is 2. The Hall–Kier alpha value is -2.04. The summed E-state index contributed by atoms with van der Waals surface area (Å²) in [5.74, 6) is -0.605. The summed E-state index contributed by atoms with van der Waals surface area (Å²) >= 11 is 0. The van der Waals surface area contributed by atoms with E-state index in [9.17, 15) is 9.59 Å². The molecule has 134 valence electrons. The fraction of sp³-hybridized carbons (Fsp3) is 0.579. The summed E-state index contributed by atoms with van der Waals surface area (Å²) in [4.78, 5) is 27.1. The fourth-order valence-electron chi connectivity index (χ4n) is 2.23. The summed E-state index contributed by atoms with van der Waals surface area (Å²) in [6.07, 6.45) is 0. The van der Waals surface area contributed by atoms with Crippen LogP contribution in [0.25, 0.3) is 0 Å². The van der Waals surface area contributed by atoms with E-state index in [1.165, 1.54) is 0 Å². The second kappa shape index (κ2) is 7.69. The zero-order valence-electron chi connectivity index (χ0n) is 16.0. The maximum absolute atomic E-state index is 12.5. The van der Waals surface area contributed by atoms with E-state index in [0.717, 1.165) is 18.8 Å². The van der Waals surface area contributed by atoms with E-state index in [4.69, 9.17) is 0 Å². The average Bonchev–Trinajstić information content (AvgIpc) is 2.48. The predicted octanol–water partition coefficient (Wildman–Crippen LogP) is 3.41. The molecule has 0 unspecified atom stereocenters. The van der Waals surface area contributed by atoms with E-state index >= 15 is 0 Å². The van der Waals surface area contributed by atoms with Gasteiger partial charge in [-0.3, -0.25) is 9.59 Å². The molecule has 0 aliphatic carbocycles. The molecule has 5 nitrogen and oxygen atoms in total. The number of rotatable bonds is 6. The molecule has 0 aliphatic heterocycles. The van der Waals surface area contributed by atoms with Crippen LogP contribution in [0.5, 0.6) is 0 Å². The smallest absolute Gasteiger partial charge is 0.239 e. The molecule has 2 N–H and O–H groups in total. The van der Waals surface area contributed by atoms with Gasteiger partial charge in [-0.2, -0.15) is 0 Å². The SMILES string of the molecule is CCN(CC)c1ccc(NC(=O)C(C)(C)C(=O)NC(C)(C)C)cc1. The molecule has 0 aromatic heterocycles. The summed E-state index contributed by atoms with van der Waals surface area (Å²) in [5.41, 5.74) is 0.278. The van der Waals surface area contributed by atoms with Crippen LogP contribution in [0.2, 0.25) is 0 Å². The van der Waals surface area contributed by atoms with Crippen LogP contribution in [0.1, 0.15) is 48.5 Å². The maximum atomic E-state index is 12.5. The summed E-state index contributed by atoms with van der Waals surface area (Å²) in [6, 6.07) is 7.68. The molecule has 5 heteroatoms. The fourth-order valence-corrected chi connectivity index (χ4v) is 2.23. The third kappa shape index (κ3) is 5.25. The van der Waals surface area contributed by atoms with Gasteiger partial charge in [0.05, 0.1) is 0 Å². The zero-order chi connectivity index (χ0) is 18.5. The third-order valence-corrected chi connectivity index (χ3v) is 3.88. The van der Waals surface area contributed by atoms with Crippen molar-refractivity contribution in [2.24, 2.45) is 5.41 Å². The van der Waals surface area contributed by atoms with E-state index in [2.05, 4.69) is 29.4 Å². The lowest BCUT2D eigenvalue weighted by atomic mass is 9.89. The predicted molar refractivity (Wildman–Crippen MR) is 100 cm³/mol. The molecular weight excluding hydrogens is 302 g/mol. The highest BCUT2D eigenvalue weighted by Gasteiger charge is 2.37. The first-order chi connectivity index (χ1) is 11.0. The van der Waals surface area contributed by atoms with Gasteiger partial charge < -0.3 is 15.5 Å². The number of hydrogen-bond acceptors (Lipinski definition) is 3. The zero-order valence-corrected chi connectivity index (χ0v) is 16.0. The van der Waals surface area contributed by atoms with Gasteiger partial charge in [0.25, 0.3) is 0 Å². The van der Waals surface area contributed by atoms with E-state index in [1.54, 1.807) is 13.8 Å². The Morgan fingerprint density at radius 1 is 0.917 bits per heavy atom. The Morgan fingerprint density at radius 3 is 1.83 bits per heavy atom. The number of anilines is 2. The Kier molecular flexibility index (Phi) is 6.41. The largest absolute Gasteiger partial charge is 0.372 e. The highest BCUT2D eigenvalue weighted by Crippen LogP contribution is 2.22. The minimum atomic E-state index is -1.15. The molecule has 24 heavy (non-hydrogen) atoms. The number of carbonyl (C=O) groups is 2. The Labute approximate surface area is 145 Å². The van der Waals surface area contributed by atoms with Crippen LogP contribution < -0.4 is 15.5 Å². The summed E-state index contributed by atoms with van der Waals surface area (Å²) < 4.78 is 0. The Bertz CT molecular complexity index is 567. The van der Waals surface area contributed by atoms with E-state index in [0.29, 0.717) is 5.69 Å². The molecular formula is C19H31N3O2. The summed E-state index contributed by atoms with van der Waals surface area (Å²) in [5, 5.41) is 5.69. The highest BCUT2D eigenvalue weighted by atomic mass is 16.2. The molecule has 0 saturated carbocycles. The van der Waals surface area contributed by atoms with Crippen molar-refractivity contribution in [3.8, 4) is 0 Å². The lowest BCUT2D eigenvalue weighted by molar-refractivity contribution is -0.139. The van der Waals surface area contributed by atoms with Crippen LogP contribution in [0.3, 0.4) is 0 Å². The van der Waals surface area contributed by atoms with Gasteiger partial charge >= 0.3 is 0 Å². The highest BCUT2D eigenvalue weighted by molar-refractivity contribution is 6.10. The molecule has 0 fully saturated rings. The van der Waals surface area contributed by atoms with Crippen LogP contribution in [0, 0.1) is 5.41 Å². The molecule has 0 bridgehead atoms. The second-order valence-corrected chi connectivity index (χ2v) is 7.50. The lowest BCUT2D eigenvalue weighted by Crippen LogP contribution is -2.51. The first-order valence-electron chi connectivity index (χ1n) is 8.50. The molecule has 0 radical (unpaired) electrons. The van der Waals surface area contributed by atoms with Crippen molar-refractivity contribution in [1.82, 2.24) is 5.32 Å². The van der Waals surface area contributed by atoms with Gasteiger partial charge in [0.1, 0.15) is 5.41 Å². The van der Waals surface area contributed by atoms with Crippen molar-refractivity contribution in [3.63, 3.8) is 0 Å². The molecule has 0 saturated heterocycles. The standard InChI is InChI=1S/C19H31N3O2/c1-8-22(9-2)15-12-10-14(11-13-15)20-16(23)19(6,7)17(24)21-18(3,4)5/h10-13H,8-9H2,1-7H3,(H,20,23)(H,21,24). The first kappa shape index (κ1) is 20.0.